The van der Waals surface area contributed by atoms with Crippen molar-refractivity contribution >= 4 is 5.91 Å². The van der Waals surface area contributed by atoms with E-state index in [1.165, 1.54) is 6.07 Å². The maximum absolute atomic E-state index is 14.2. The molecule has 5 heteroatoms. The van der Waals surface area contributed by atoms with E-state index in [0.717, 1.165) is 5.56 Å². The zero-order chi connectivity index (χ0) is 19.9. The van der Waals surface area contributed by atoms with E-state index in [-0.39, 0.29) is 24.4 Å². The zero-order valence-corrected chi connectivity index (χ0v) is 15.8. The molecule has 144 valence electrons. The van der Waals surface area contributed by atoms with Crippen LogP contribution in [0.25, 0.3) is 11.1 Å². The minimum Gasteiger partial charge on any atom is -0.394 e. The molecule has 0 spiro atoms. The highest BCUT2D eigenvalue weighted by atomic mass is 19.1. The van der Waals surface area contributed by atoms with Gasteiger partial charge >= 0.3 is 0 Å². The van der Waals surface area contributed by atoms with Crippen LogP contribution in [0, 0.1) is 5.82 Å². The first kappa shape index (κ1) is 19.7. The Kier molecular flexibility index (Phi) is 6.50. The molecule has 1 atom stereocenters. The van der Waals surface area contributed by atoms with Crippen LogP contribution in [0.2, 0.25) is 0 Å². The molecule has 0 bridgehead atoms. The molecular weight excluding hydrogens is 355 g/mol. The fourth-order valence-corrected chi connectivity index (χ4v) is 3.18. The van der Waals surface area contributed by atoms with Crippen molar-refractivity contribution in [2.24, 2.45) is 0 Å². The van der Waals surface area contributed by atoms with Crippen LogP contribution in [-0.4, -0.2) is 33.5 Å². The van der Waals surface area contributed by atoms with E-state index in [1.54, 1.807) is 59.8 Å². The lowest BCUT2D eigenvalue weighted by atomic mass is 10.0. The third-order valence-electron chi connectivity index (χ3n) is 4.75. The Labute approximate surface area is 164 Å². The lowest BCUT2D eigenvalue weighted by molar-refractivity contribution is 0.0563. The highest BCUT2D eigenvalue weighted by molar-refractivity contribution is 5.95. The van der Waals surface area contributed by atoms with E-state index in [0.29, 0.717) is 29.7 Å². The van der Waals surface area contributed by atoms with E-state index in [1.807, 2.05) is 19.1 Å². The van der Waals surface area contributed by atoms with Crippen molar-refractivity contribution in [2.75, 3.05) is 6.61 Å². The molecule has 0 aliphatic heterocycles. The number of aliphatic hydroxyl groups is 1. The molecule has 1 aromatic heterocycles. The van der Waals surface area contributed by atoms with Crippen LogP contribution in [0.4, 0.5) is 4.39 Å². The Balaban J connectivity index is 1.94. The van der Waals surface area contributed by atoms with Gasteiger partial charge in [0.1, 0.15) is 5.82 Å². The van der Waals surface area contributed by atoms with Gasteiger partial charge in [0, 0.05) is 30.1 Å². The number of pyridine rings is 1. The maximum atomic E-state index is 14.2. The average Bonchev–Trinajstić information content (AvgIpc) is 2.74. The second-order valence-corrected chi connectivity index (χ2v) is 6.60. The molecule has 4 nitrogen and oxygen atoms in total. The van der Waals surface area contributed by atoms with Crippen LogP contribution in [0.15, 0.2) is 73.1 Å². The third kappa shape index (κ3) is 4.43. The Morgan fingerprint density at radius 1 is 1.14 bits per heavy atom. The number of carbonyl (C=O) groups is 1. The summed E-state index contributed by atoms with van der Waals surface area (Å²) < 4.78 is 14.2. The topological polar surface area (TPSA) is 53.4 Å². The van der Waals surface area contributed by atoms with E-state index in [2.05, 4.69) is 4.98 Å². The van der Waals surface area contributed by atoms with Gasteiger partial charge in [0.2, 0.25) is 0 Å². The molecule has 0 aliphatic carbocycles. The predicted octanol–water partition coefficient (Wildman–Crippen LogP) is 4.30. The van der Waals surface area contributed by atoms with Crippen molar-refractivity contribution in [2.45, 2.75) is 25.9 Å². The van der Waals surface area contributed by atoms with Gasteiger partial charge in [0.25, 0.3) is 5.91 Å². The third-order valence-corrected chi connectivity index (χ3v) is 4.75. The smallest absolute Gasteiger partial charge is 0.254 e. The summed E-state index contributed by atoms with van der Waals surface area (Å²) in [4.78, 5) is 19.0. The summed E-state index contributed by atoms with van der Waals surface area (Å²) in [5.74, 6) is -0.538. The summed E-state index contributed by atoms with van der Waals surface area (Å²) in [6.45, 7) is 2.14. The standard InChI is InChI=1S/C23H23FN2O2/c1-2-20(16-27)26(15-17-7-6-12-25-14-17)23(28)19-9-5-8-18(13-19)21-10-3-4-11-22(21)24/h3-14,20,27H,2,15-16H2,1H3. The summed E-state index contributed by atoms with van der Waals surface area (Å²) in [6.07, 6.45) is 4.01. The quantitative estimate of drug-likeness (QED) is 0.667. The van der Waals surface area contributed by atoms with Gasteiger partial charge in [-0.15, -0.1) is 0 Å². The zero-order valence-electron chi connectivity index (χ0n) is 15.8. The molecule has 0 fully saturated rings. The lowest BCUT2D eigenvalue weighted by Gasteiger charge is -2.30. The molecule has 0 saturated carbocycles. The van der Waals surface area contributed by atoms with Crippen LogP contribution >= 0.6 is 0 Å². The van der Waals surface area contributed by atoms with Crippen LogP contribution in [0.5, 0.6) is 0 Å². The van der Waals surface area contributed by atoms with Crippen LogP contribution in [0.3, 0.4) is 0 Å². The number of nitrogens with zero attached hydrogens (tertiary/aromatic N) is 2. The van der Waals surface area contributed by atoms with Crippen molar-refractivity contribution in [3.63, 3.8) is 0 Å². The molecule has 1 unspecified atom stereocenters. The van der Waals surface area contributed by atoms with Gasteiger partial charge in [-0.2, -0.15) is 0 Å². The van der Waals surface area contributed by atoms with E-state index < -0.39 is 0 Å². The number of aliphatic hydroxyl groups excluding tert-OH is 1. The Morgan fingerprint density at radius 2 is 1.96 bits per heavy atom. The van der Waals surface area contributed by atoms with Crippen molar-refractivity contribution in [3.8, 4) is 11.1 Å². The summed E-state index contributed by atoms with van der Waals surface area (Å²) in [5.41, 5.74) is 2.43. The number of amides is 1. The fraction of sp³-hybridized carbons (Fsp3) is 0.217. The molecule has 0 aliphatic rings. The van der Waals surface area contributed by atoms with Gasteiger partial charge in [0.05, 0.1) is 12.6 Å². The molecule has 3 rings (SSSR count). The molecule has 2 aromatic carbocycles. The van der Waals surface area contributed by atoms with Gasteiger partial charge in [-0.25, -0.2) is 4.39 Å². The molecule has 3 aromatic rings. The summed E-state index contributed by atoms with van der Waals surface area (Å²) in [6, 6.07) is 16.8. The second-order valence-electron chi connectivity index (χ2n) is 6.60. The number of hydrogen-bond donors (Lipinski definition) is 1. The molecular formula is C23H23FN2O2. The average molecular weight is 378 g/mol. The van der Waals surface area contributed by atoms with Gasteiger partial charge < -0.3 is 10.0 Å². The monoisotopic (exact) mass is 378 g/mol. The fourth-order valence-electron chi connectivity index (χ4n) is 3.18. The van der Waals surface area contributed by atoms with Gasteiger partial charge in [-0.1, -0.05) is 43.3 Å². The molecule has 1 N–H and O–H groups in total. The molecule has 0 saturated heterocycles. The van der Waals surface area contributed by atoms with Crippen molar-refractivity contribution < 1.29 is 14.3 Å². The van der Waals surface area contributed by atoms with Crippen molar-refractivity contribution in [1.29, 1.82) is 0 Å². The minimum atomic E-state index is -0.332. The number of halogens is 1. The largest absolute Gasteiger partial charge is 0.394 e. The molecule has 0 radical (unpaired) electrons. The summed E-state index contributed by atoms with van der Waals surface area (Å²) in [5, 5.41) is 9.78. The van der Waals surface area contributed by atoms with Crippen LogP contribution in [0.1, 0.15) is 29.3 Å². The molecule has 1 amide bonds. The van der Waals surface area contributed by atoms with Crippen molar-refractivity contribution in [3.05, 3.63) is 90.0 Å². The number of aromatic nitrogens is 1. The maximum Gasteiger partial charge on any atom is 0.254 e. The molecule has 1 heterocycles. The summed E-state index contributed by atoms with van der Waals surface area (Å²) >= 11 is 0. The normalized spacial score (nSPS) is 11.8. The van der Waals surface area contributed by atoms with E-state index in [4.69, 9.17) is 0 Å². The first-order chi connectivity index (χ1) is 13.6. The van der Waals surface area contributed by atoms with Crippen LogP contribution in [-0.2, 0) is 6.54 Å². The SMILES string of the molecule is CCC(CO)N(Cc1cccnc1)C(=O)c1cccc(-c2ccccc2F)c1. The number of rotatable bonds is 7. The Morgan fingerprint density at radius 3 is 2.64 bits per heavy atom. The number of benzene rings is 2. The lowest BCUT2D eigenvalue weighted by Crippen LogP contribution is -2.41. The second kappa shape index (κ2) is 9.24. The van der Waals surface area contributed by atoms with Gasteiger partial charge in [0.15, 0.2) is 0 Å². The van der Waals surface area contributed by atoms with Gasteiger partial charge in [-0.05, 0) is 41.8 Å². The first-order valence-corrected chi connectivity index (χ1v) is 9.29. The minimum absolute atomic E-state index is 0.129. The van der Waals surface area contributed by atoms with E-state index in [9.17, 15) is 14.3 Å². The first-order valence-electron chi connectivity index (χ1n) is 9.29. The van der Waals surface area contributed by atoms with Gasteiger partial charge in [-0.3, -0.25) is 9.78 Å². The highest BCUT2D eigenvalue weighted by Gasteiger charge is 2.24. The summed E-state index contributed by atoms with van der Waals surface area (Å²) in [7, 11) is 0. The Hall–Kier alpha value is -3.05. The number of hydrogen-bond acceptors (Lipinski definition) is 3. The highest BCUT2D eigenvalue weighted by Crippen LogP contribution is 2.24. The van der Waals surface area contributed by atoms with E-state index >= 15 is 0 Å². The Bertz CT molecular complexity index is 927. The molecule has 28 heavy (non-hydrogen) atoms. The van der Waals surface area contributed by atoms with Crippen LogP contribution < -0.4 is 0 Å². The van der Waals surface area contributed by atoms with Crippen molar-refractivity contribution in [1.82, 2.24) is 9.88 Å². The predicted molar refractivity (Wildman–Crippen MR) is 107 cm³/mol. The number of carbonyl (C=O) groups excluding carboxylic acids is 1.